The molecular formula is C33H32FN9O3S. The number of nitrogens with one attached hydrogen (secondary N) is 4. The zero-order valence-electron chi connectivity index (χ0n) is 25.5. The van der Waals surface area contributed by atoms with Gasteiger partial charge in [-0.2, -0.15) is 5.10 Å². The second-order valence-corrected chi connectivity index (χ2v) is 13.8. The van der Waals surface area contributed by atoms with Crippen molar-refractivity contribution in [2.75, 3.05) is 11.6 Å². The van der Waals surface area contributed by atoms with E-state index in [1.165, 1.54) is 31.4 Å². The van der Waals surface area contributed by atoms with E-state index in [9.17, 15) is 17.6 Å². The molecule has 1 aromatic carbocycles. The number of hydrogen-bond donors (Lipinski definition) is 4. The van der Waals surface area contributed by atoms with Crippen molar-refractivity contribution in [3.05, 3.63) is 72.6 Å². The van der Waals surface area contributed by atoms with Crippen molar-refractivity contribution >= 4 is 43.8 Å². The number of benzene rings is 1. The second-order valence-electron chi connectivity index (χ2n) is 12.0. The first-order valence-corrected chi connectivity index (χ1v) is 17.3. The predicted molar refractivity (Wildman–Crippen MR) is 177 cm³/mol. The number of carbonyl (C=O) groups excluding carboxylic acids is 1. The molecule has 0 atom stereocenters. The summed E-state index contributed by atoms with van der Waals surface area (Å²) >= 11 is 0. The van der Waals surface area contributed by atoms with Crippen LogP contribution in [0.3, 0.4) is 0 Å². The molecule has 1 aliphatic carbocycles. The lowest BCUT2D eigenvalue weighted by atomic mass is 9.87. The summed E-state index contributed by atoms with van der Waals surface area (Å²) in [7, 11) is -3.45. The Kier molecular flexibility index (Phi) is 8.20. The number of hydrogen-bond acceptors (Lipinski definition) is 8. The van der Waals surface area contributed by atoms with Gasteiger partial charge < -0.3 is 10.3 Å². The van der Waals surface area contributed by atoms with Gasteiger partial charge in [0.25, 0.3) is 0 Å². The summed E-state index contributed by atoms with van der Waals surface area (Å²) in [6.45, 7) is -0.0488. The van der Waals surface area contributed by atoms with Crippen LogP contribution in [0.1, 0.15) is 44.1 Å². The number of amides is 1. The van der Waals surface area contributed by atoms with Crippen LogP contribution < -0.4 is 10.0 Å². The summed E-state index contributed by atoms with van der Waals surface area (Å²) in [5, 5.41) is 11.1. The molecule has 47 heavy (non-hydrogen) atoms. The van der Waals surface area contributed by atoms with Crippen molar-refractivity contribution in [3.63, 3.8) is 0 Å². The Balaban J connectivity index is 1.18. The minimum atomic E-state index is -3.45. The maximum Gasteiger partial charge on any atom is 0.224 e. The number of sulfonamides is 1. The fourth-order valence-electron chi connectivity index (χ4n) is 6.16. The van der Waals surface area contributed by atoms with Crippen molar-refractivity contribution in [2.45, 2.75) is 45.1 Å². The van der Waals surface area contributed by atoms with Gasteiger partial charge in [-0.05, 0) is 66.3 Å². The number of aromatic amines is 2. The molecule has 240 valence electrons. The number of pyridine rings is 3. The van der Waals surface area contributed by atoms with E-state index in [0.717, 1.165) is 30.2 Å². The molecule has 1 aliphatic rings. The van der Waals surface area contributed by atoms with Crippen molar-refractivity contribution in [1.82, 2.24) is 39.8 Å². The van der Waals surface area contributed by atoms with Crippen molar-refractivity contribution in [2.24, 2.45) is 5.92 Å². The Morgan fingerprint density at radius 2 is 1.81 bits per heavy atom. The van der Waals surface area contributed by atoms with Gasteiger partial charge in [0.2, 0.25) is 15.9 Å². The first-order chi connectivity index (χ1) is 22.7. The Labute approximate surface area is 269 Å². The first kappa shape index (κ1) is 30.6. The van der Waals surface area contributed by atoms with Gasteiger partial charge in [0, 0.05) is 48.2 Å². The number of H-pyrrole nitrogens is 2. The molecule has 14 heteroatoms. The third kappa shape index (κ3) is 6.88. The number of aromatic nitrogens is 7. The average molecular weight is 654 g/mol. The van der Waals surface area contributed by atoms with Gasteiger partial charge in [-0.25, -0.2) is 32.5 Å². The summed E-state index contributed by atoms with van der Waals surface area (Å²) in [5.74, 6) is 0.391. The minimum Gasteiger partial charge on any atom is -0.335 e. The Bertz CT molecular complexity index is 2230. The molecule has 6 aromatic rings. The number of fused-ring (bicyclic) bond motifs is 2. The topological polar surface area (TPSA) is 171 Å². The van der Waals surface area contributed by atoms with Gasteiger partial charge in [-0.15, -0.1) is 0 Å². The lowest BCUT2D eigenvalue weighted by Crippen LogP contribution is -2.21. The number of anilines is 1. The van der Waals surface area contributed by atoms with Crippen molar-refractivity contribution in [3.8, 4) is 33.8 Å². The van der Waals surface area contributed by atoms with E-state index in [1.54, 1.807) is 36.9 Å². The standard InChI is InChI=1S/C33H32FN9O3S/c1-47(45,46)38-15-20-9-21(12-24(34)10-20)26-7-8-36-32-29(26)40-33(41-32)30-27-14-23(17-37-31(27)43-42-30)22-13-25(18-35-16-22)39-28(44)11-19-5-3-2-4-6-19/h7-10,12-14,16-19,38H,2-6,11,15H2,1H3,(H,39,44)(H,36,40,41)(H,37,42,43). The maximum atomic E-state index is 14.6. The normalized spacial score (nSPS) is 14.2. The molecule has 0 spiro atoms. The van der Waals surface area contributed by atoms with E-state index in [4.69, 9.17) is 4.98 Å². The Morgan fingerprint density at radius 3 is 2.64 bits per heavy atom. The Morgan fingerprint density at radius 1 is 0.979 bits per heavy atom. The van der Waals surface area contributed by atoms with Crippen LogP contribution >= 0.6 is 0 Å². The van der Waals surface area contributed by atoms with Crippen LogP contribution in [-0.4, -0.2) is 55.7 Å². The molecule has 12 nitrogen and oxygen atoms in total. The molecule has 0 bridgehead atoms. The van der Waals surface area contributed by atoms with Gasteiger partial charge >= 0.3 is 0 Å². The first-order valence-electron chi connectivity index (χ1n) is 15.4. The molecule has 0 unspecified atom stereocenters. The number of carbonyl (C=O) groups is 1. The third-order valence-electron chi connectivity index (χ3n) is 8.40. The number of halogens is 1. The third-order valence-corrected chi connectivity index (χ3v) is 9.07. The Hall–Kier alpha value is -5.08. The van der Waals surface area contributed by atoms with Crippen LogP contribution in [0.4, 0.5) is 10.1 Å². The van der Waals surface area contributed by atoms with E-state index in [1.807, 2.05) is 12.1 Å². The molecule has 0 aliphatic heterocycles. The van der Waals surface area contributed by atoms with Crippen LogP contribution in [-0.2, 0) is 21.4 Å². The highest BCUT2D eigenvalue weighted by atomic mass is 32.2. The predicted octanol–water partition coefficient (Wildman–Crippen LogP) is 5.72. The van der Waals surface area contributed by atoms with Gasteiger partial charge in [0.1, 0.15) is 11.5 Å². The molecule has 0 saturated heterocycles. The molecule has 4 N–H and O–H groups in total. The number of nitrogens with zero attached hydrogens (tertiary/aromatic N) is 5. The molecular weight excluding hydrogens is 621 g/mol. The van der Waals surface area contributed by atoms with Crippen LogP contribution in [0.25, 0.3) is 56.0 Å². The molecule has 5 heterocycles. The summed E-state index contributed by atoms with van der Waals surface area (Å²) in [6, 6.07) is 9.94. The lowest BCUT2D eigenvalue weighted by molar-refractivity contribution is -0.117. The highest BCUT2D eigenvalue weighted by Crippen LogP contribution is 2.33. The van der Waals surface area contributed by atoms with Gasteiger partial charge in [0.05, 0.1) is 29.0 Å². The molecule has 0 radical (unpaired) electrons. The number of rotatable bonds is 9. The molecule has 7 rings (SSSR count). The molecule has 5 aromatic heterocycles. The second kappa shape index (κ2) is 12.6. The van der Waals surface area contributed by atoms with E-state index in [2.05, 4.69) is 40.2 Å². The maximum absolute atomic E-state index is 14.6. The van der Waals surface area contributed by atoms with Crippen LogP contribution in [0, 0.1) is 11.7 Å². The van der Waals surface area contributed by atoms with Crippen molar-refractivity contribution < 1.29 is 17.6 Å². The highest BCUT2D eigenvalue weighted by Gasteiger charge is 2.19. The fraction of sp³-hybridized carbons (Fsp3) is 0.273. The van der Waals surface area contributed by atoms with Crippen LogP contribution in [0.5, 0.6) is 0 Å². The highest BCUT2D eigenvalue weighted by molar-refractivity contribution is 7.88. The van der Waals surface area contributed by atoms with Gasteiger partial charge in [-0.3, -0.25) is 14.9 Å². The van der Waals surface area contributed by atoms with Gasteiger partial charge in [-0.1, -0.05) is 19.3 Å². The fourth-order valence-corrected chi connectivity index (χ4v) is 6.59. The summed E-state index contributed by atoms with van der Waals surface area (Å²) in [5.41, 5.74) is 5.88. The zero-order valence-corrected chi connectivity index (χ0v) is 26.4. The summed E-state index contributed by atoms with van der Waals surface area (Å²) in [4.78, 5) is 34.0. The zero-order chi connectivity index (χ0) is 32.5. The van der Waals surface area contributed by atoms with E-state index in [0.29, 0.717) is 68.4 Å². The minimum absolute atomic E-state index is 0.000511. The van der Waals surface area contributed by atoms with E-state index < -0.39 is 15.8 Å². The monoisotopic (exact) mass is 653 g/mol. The summed E-state index contributed by atoms with van der Waals surface area (Å²) < 4.78 is 40.2. The SMILES string of the molecule is CS(=O)(=O)NCc1cc(F)cc(-c2ccnc3nc(-c4[nH]nc5ncc(-c6cncc(NC(=O)CC7CCCCC7)c6)cc45)[nH]c23)c1. The van der Waals surface area contributed by atoms with Gasteiger partial charge in [0.15, 0.2) is 17.1 Å². The van der Waals surface area contributed by atoms with E-state index >= 15 is 0 Å². The smallest absolute Gasteiger partial charge is 0.224 e. The molecule has 1 fully saturated rings. The van der Waals surface area contributed by atoms with E-state index in [-0.39, 0.29) is 12.5 Å². The van der Waals surface area contributed by atoms with Crippen LogP contribution in [0.2, 0.25) is 0 Å². The molecule has 1 amide bonds. The number of imidazole rings is 1. The average Bonchev–Trinajstić information content (AvgIpc) is 3.68. The summed E-state index contributed by atoms with van der Waals surface area (Å²) in [6.07, 6.45) is 14.0. The lowest BCUT2D eigenvalue weighted by Gasteiger charge is -2.20. The largest absolute Gasteiger partial charge is 0.335 e. The molecule has 1 saturated carbocycles. The van der Waals surface area contributed by atoms with Crippen LogP contribution in [0.15, 0.2) is 61.2 Å². The quantitative estimate of drug-likeness (QED) is 0.153. The van der Waals surface area contributed by atoms with Crippen molar-refractivity contribution in [1.29, 1.82) is 0 Å².